The molecule has 2 heterocycles. The first-order chi connectivity index (χ1) is 5.65. The molecule has 1 saturated carbocycles. The molecule has 0 aromatic carbocycles. The van der Waals surface area contributed by atoms with Crippen LogP contribution < -0.4 is 0 Å². The maximum absolute atomic E-state index is 5.59. The fourth-order valence-electron chi connectivity index (χ4n) is 3.09. The Hall–Kier alpha value is -0.0400. The van der Waals surface area contributed by atoms with E-state index in [0.29, 0.717) is 5.41 Å². The normalized spacial score (nSPS) is 47.0. The predicted molar refractivity (Wildman–Crippen MR) is 50.0 cm³/mol. The molecule has 2 aliphatic heterocycles. The smallest absolute Gasteiger partial charge is 0.0499 e. The molecular weight excluding hydrogens is 148 g/mol. The summed E-state index contributed by atoms with van der Waals surface area (Å²) < 4.78 is 5.59. The summed E-state index contributed by atoms with van der Waals surface area (Å²) in [5, 5.41) is 0. The minimum absolute atomic E-state index is 0.594. The molecule has 3 fully saturated rings. The Balaban J connectivity index is 2.15. The van der Waals surface area contributed by atoms with E-state index in [2.05, 4.69) is 20.8 Å². The van der Waals surface area contributed by atoms with E-state index in [4.69, 9.17) is 4.74 Å². The zero-order valence-electron chi connectivity index (χ0n) is 8.47. The third-order valence-electron chi connectivity index (χ3n) is 4.50. The van der Waals surface area contributed by atoms with Gasteiger partial charge < -0.3 is 4.74 Å². The van der Waals surface area contributed by atoms with E-state index in [1.165, 1.54) is 12.8 Å². The third kappa shape index (κ3) is 0.953. The molecule has 2 saturated heterocycles. The molecule has 3 unspecified atom stereocenters. The van der Waals surface area contributed by atoms with E-state index in [1.54, 1.807) is 0 Å². The number of hydrogen-bond acceptors (Lipinski definition) is 1. The topological polar surface area (TPSA) is 9.23 Å². The molecule has 0 amide bonds. The van der Waals surface area contributed by atoms with Crippen molar-refractivity contribution in [3.05, 3.63) is 0 Å². The van der Waals surface area contributed by atoms with Crippen LogP contribution >= 0.6 is 0 Å². The van der Waals surface area contributed by atoms with Gasteiger partial charge in [0, 0.05) is 13.2 Å². The van der Waals surface area contributed by atoms with Crippen LogP contribution in [0.1, 0.15) is 33.6 Å². The SMILES string of the molecule is CC(C)C1(C)C2CCOCC1C2. The Morgan fingerprint density at radius 1 is 1.33 bits per heavy atom. The van der Waals surface area contributed by atoms with Crippen molar-refractivity contribution in [2.45, 2.75) is 33.6 Å². The number of ether oxygens (including phenoxy) is 1. The van der Waals surface area contributed by atoms with Gasteiger partial charge in [0.2, 0.25) is 0 Å². The highest BCUT2D eigenvalue weighted by Gasteiger charge is 2.53. The van der Waals surface area contributed by atoms with E-state index in [-0.39, 0.29) is 0 Å². The van der Waals surface area contributed by atoms with Gasteiger partial charge in [-0.15, -0.1) is 0 Å². The largest absolute Gasteiger partial charge is 0.381 e. The van der Waals surface area contributed by atoms with Gasteiger partial charge in [0.25, 0.3) is 0 Å². The van der Waals surface area contributed by atoms with Crippen LogP contribution in [0.4, 0.5) is 0 Å². The Bertz CT molecular complexity index is 158. The second kappa shape index (κ2) is 2.73. The molecule has 3 aliphatic rings. The minimum atomic E-state index is 0.594. The molecule has 0 N–H and O–H groups in total. The fraction of sp³-hybridized carbons (Fsp3) is 1.00. The molecule has 1 nitrogen and oxygen atoms in total. The first-order valence-electron chi connectivity index (χ1n) is 5.23. The van der Waals surface area contributed by atoms with Crippen LogP contribution in [0.3, 0.4) is 0 Å². The molecule has 2 bridgehead atoms. The first kappa shape index (κ1) is 8.55. The second-order valence-corrected chi connectivity index (χ2v) is 5.01. The van der Waals surface area contributed by atoms with Gasteiger partial charge in [-0.05, 0) is 36.0 Å². The lowest BCUT2D eigenvalue weighted by Crippen LogP contribution is -2.50. The van der Waals surface area contributed by atoms with Gasteiger partial charge in [-0.3, -0.25) is 0 Å². The van der Waals surface area contributed by atoms with Crippen LogP contribution in [0.15, 0.2) is 0 Å². The molecule has 0 aromatic rings. The monoisotopic (exact) mass is 168 g/mol. The summed E-state index contributed by atoms with van der Waals surface area (Å²) in [6, 6.07) is 0. The van der Waals surface area contributed by atoms with Crippen molar-refractivity contribution in [3.8, 4) is 0 Å². The molecule has 3 atom stereocenters. The van der Waals surface area contributed by atoms with Gasteiger partial charge in [0.15, 0.2) is 0 Å². The van der Waals surface area contributed by atoms with Gasteiger partial charge >= 0.3 is 0 Å². The summed E-state index contributed by atoms with van der Waals surface area (Å²) in [5.74, 6) is 2.62. The lowest BCUT2D eigenvalue weighted by molar-refractivity contribution is -0.0792. The fourth-order valence-corrected chi connectivity index (χ4v) is 3.09. The highest BCUT2D eigenvalue weighted by molar-refractivity contribution is 5.01. The summed E-state index contributed by atoms with van der Waals surface area (Å²) >= 11 is 0. The average Bonchev–Trinajstić information content (AvgIpc) is 2.34. The summed E-state index contributed by atoms with van der Waals surface area (Å²) in [4.78, 5) is 0. The van der Waals surface area contributed by atoms with Crippen LogP contribution in [0.2, 0.25) is 0 Å². The van der Waals surface area contributed by atoms with E-state index < -0.39 is 0 Å². The van der Waals surface area contributed by atoms with E-state index >= 15 is 0 Å². The van der Waals surface area contributed by atoms with Crippen LogP contribution in [-0.4, -0.2) is 13.2 Å². The Kier molecular flexibility index (Phi) is 1.95. The predicted octanol–water partition coefficient (Wildman–Crippen LogP) is 2.71. The molecule has 1 aliphatic carbocycles. The number of hydrogen-bond donors (Lipinski definition) is 0. The van der Waals surface area contributed by atoms with Crippen LogP contribution in [0.25, 0.3) is 0 Å². The quantitative estimate of drug-likeness (QED) is 0.585. The minimum Gasteiger partial charge on any atom is -0.381 e. The molecular formula is C11H20O. The van der Waals surface area contributed by atoms with Crippen LogP contribution in [-0.2, 0) is 4.74 Å². The molecule has 12 heavy (non-hydrogen) atoms. The van der Waals surface area contributed by atoms with Gasteiger partial charge in [0.05, 0.1) is 0 Å². The van der Waals surface area contributed by atoms with Crippen LogP contribution in [0.5, 0.6) is 0 Å². The number of rotatable bonds is 1. The highest BCUT2D eigenvalue weighted by atomic mass is 16.5. The van der Waals surface area contributed by atoms with Gasteiger partial charge in [-0.2, -0.15) is 0 Å². The van der Waals surface area contributed by atoms with E-state index in [0.717, 1.165) is 31.0 Å². The Morgan fingerprint density at radius 3 is 2.75 bits per heavy atom. The maximum Gasteiger partial charge on any atom is 0.0499 e. The van der Waals surface area contributed by atoms with Crippen LogP contribution in [0, 0.1) is 23.2 Å². The van der Waals surface area contributed by atoms with Gasteiger partial charge in [-0.1, -0.05) is 20.8 Å². The molecule has 0 radical (unpaired) electrons. The summed E-state index contributed by atoms with van der Waals surface area (Å²) in [7, 11) is 0. The Labute approximate surface area is 75.5 Å². The molecule has 70 valence electrons. The van der Waals surface area contributed by atoms with Crippen molar-refractivity contribution in [2.24, 2.45) is 23.2 Å². The zero-order valence-corrected chi connectivity index (χ0v) is 8.47. The molecule has 3 rings (SSSR count). The standard InChI is InChI=1S/C11H20O/c1-8(2)11(3)9-4-5-12-7-10(11)6-9/h8-10H,4-7H2,1-3H3. The van der Waals surface area contributed by atoms with E-state index in [1.807, 2.05) is 0 Å². The summed E-state index contributed by atoms with van der Waals surface area (Å²) in [6.45, 7) is 9.22. The van der Waals surface area contributed by atoms with Crippen molar-refractivity contribution in [1.29, 1.82) is 0 Å². The summed E-state index contributed by atoms with van der Waals surface area (Å²) in [6.07, 6.45) is 2.72. The Morgan fingerprint density at radius 2 is 2.08 bits per heavy atom. The van der Waals surface area contributed by atoms with Crippen molar-refractivity contribution >= 4 is 0 Å². The first-order valence-corrected chi connectivity index (χ1v) is 5.23. The average molecular weight is 168 g/mol. The summed E-state index contributed by atoms with van der Waals surface area (Å²) in [5.41, 5.74) is 0.594. The second-order valence-electron chi connectivity index (χ2n) is 5.01. The van der Waals surface area contributed by atoms with Crippen molar-refractivity contribution in [2.75, 3.05) is 13.2 Å². The van der Waals surface area contributed by atoms with E-state index in [9.17, 15) is 0 Å². The third-order valence-corrected chi connectivity index (χ3v) is 4.50. The maximum atomic E-state index is 5.59. The van der Waals surface area contributed by atoms with Crippen molar-refractivity contribution in [1.82, 2.24) is 0 Å². The lowest BCUT2D eigenvalue weighted by Gasteiger charge is -2.55. The molecule has 1 heteroatoms. The highest BCUT2D eigenvalue weighted by Crippen LogP contribution is 2.58. The van der Waals surface area contributed by atoms with Gasteiger partial charge in [-0.25, -0.2) is 0 Å². The lowest BCUT2D eigenvalue weighted by atomic mass is 9.49. The molecule has 0 spiro atoms. The number of fused-ring (bicyclic) bond motifs is 3. The zero-order chi connectivity index (χ0) is 8.77. The van der Waals surface area contributed by atoms with Gasteiger partial charge in [0.1, 0.15) is 0 Å². The van der Waals surface area contributed by atoms with Crippen molar-refractivity contribution in [3.63, 3.8) is 0 Å². The van der Waals surface area contributed by atoms with Crippen molar-refractivity contribution < 1.29 is 4.74 Å². The molecule has 0 aromatic heterocycles.